The Morgan fingerprint density at radius 1 is 1.19 bits per heavy atom. The minimum Gasteiger partial charge on any atom is -0.440 e. The van der Waals surface area contributed by atoms with E-state index < -0.39 is 0 Å². The van der Waals surface area contributed by atoms with Crippen LogP contribution in [-0.4, -0.2) is 21.0 Å². The molecular formula is C19H16N4O3. The van der Waals surface area contributed by atoms with Gasteiger partial charge in [-0.05, 0) is 51.0 Å². The standard InChI is InChI=1S/C19H16N4O3/c1-9-7-13(16-10(2)23-26-19(16)20-9)17(24)21-12-5-6-15-14(8-12)22-18(25-15)11-3-4-11/h5-8,11H,3-4H2,1-2H3,(H,21,24). The maximum absolute atomic E-state index is 12.8. The molecule has 1 aliphatic carbocycles. The van der Waals surface area contributed by atoms with Crippen molar-refractivity contribution in [3.63, 3.8) is 0 Å². The van der Waals surface area contributed by atoms with Crippen LogP contribution in [0.5, 0.6) is 0 Å². The predicted octanol–water partition coefficient (Wildman–Crippen LogP) is 4.11. The molecule has 1 aliphatic rings. The Morgan fingerprint density at radius 3 is 2.85 bits per heavy atom. The minimum atomic E-state index is -0.239. The average molecular weight is 348 g/mol. The third-order valence-electron chi connectivity index (χ3n) is 4.58. The monoisotopic (exact) mass is 348 g/mol. The zero-order valence-corrected chi connectivity index (χ0v) is 14.4. The number of aromatic nitrogens is 3. The lowest BCUT2D eigenvalue weighted by molar-refractivity contribution is 0.102. The molecule has 130 valence electrons. The summed E-state index contributed by atoms with van der Waals surface area (Å²) in [5.74, 6) is 0.997. The van der Waals surface area contributed by atoms with Crippen LogP contribution in [0, 0.1) is 13.8 Å². The van der Waals surface area contributed by atoms with Crippen molar-refractivity contribution in [2.75, 3.05) is 5.32 Å². The second-order valence-electron chi connectivity index (χ2n) is 6.72. The number of benzene rings is 1. The number of rotatable bonds is 3. The van der Waals surface area contributed by atoms with Gasteiger partial charge in [-0.2, -0.15) is 0 Å². The first kappa shape index (κ1) is 15.1. The number of hydrogen-bond donors (Lipinski definition) is 1. The summed E-state index contributed by atoms with van der Waals surface area (Å²) in [5, 5.41) is 7.47. The van der Waals surface area contributed by atoms with Crippen LogP contribution in [0.25, 0.3) is 22.2 Å². The van der Waals surface area contributed by atoms with Gasteiger partial charge in [0.15, 0.2) is 11.5 Å². The summed E-state index contributed by atoms with van der Waals surface area (Å²) < 4.78 is 11.0. The number of nitrogens with one attached hydrogen (secondary N) is 1. The van der Waals surface area contributed by atoms with Gasteiger partial charge < -0.3 is 14.3 Å². The molecule has 7 nitrogen and oxygen atoms in total. The van der Waals surface area contributed by atoms with E-state index >= 15 is 0 Å². The van der Waals surface area contributed by atoms with Crippen molar-refractivity contribution in [3.8, 4) is 0 Å². The predicted molar refractivity (Wildman–Crippen MR) is 95.2 cm³/mol. The molecule has 0 saturated heterocycles. The number of fused-ring (bicyclic) bond motifs is 2. The Hall–Kier alpha value is -3.22. The zero-order chi connectivity index (χ0) is 17.8. The average Bonchev–Trinajstić information content (AvgIpc) is 3.28. The summed E-state index contributed by atoms with van der Waals surface area (Å²) in [6, 6.07) is 7.21. The van der Waals surface area contributed by atoms with E-state index in [0.717, 1.165) is 29.8 Å². The molecule has 0 bridgehead atoms. The summed E-state index contributed by atoms with van der Waals surface area (Å²) in [4.78, 5) is 21.7. The summed E-state index contributed by atoms with van der Waals surface area (Å²) in [6.07, 6.45) is 2.26. The van der Waals surface area contributed by atoms with Crippen molar-refractivity contribution in [1.82, 2.24) is 15.1 Å². The van der Waals surface area contributed by atoms with Crippen molar-refractivity contribution in [2.45, 2.75) is 32.6 Å². The lowest BCUT2D eigenvalue weighted by atomic mass is 10.1. The van der Waals surface area contributed by atoms with E-state index in [-0.39, 0.29) is 5.91 Å². The molecule has 1 saturated carbocycles. The van der Waals surface area contributed by atoms with Crippen molar-refractivity contribution in [1.29, 1.82) is 0 Å². The van der Waals surface area contributed by atoms with E-state index in [4.69, 9.17) is 8.94 Å². The van der Waals surface area contributed by atoms with Crippen LogP contribution in [0.15, 0.2) is 33.2 Å². The second-order valence-corrected chi connectivity index (χ2v) is 6.72. The van der Waals surface area contributed by atoms with Gasteiger partial charge in [0.2, 0.25) is 0 Å². The molecule has 1 aromatic carbocycles. The second kappa shape index (κ2) is 5.39. The van der Waals surface area contributed by atoms with Crippen LogP contribution in [0.3, 0.4) is 0 Å². The fourth-order valence-electron chi connectivity index (χ4n) is 3.12. The zero-order valence-electron chi connectivity index (χ0n) is 14.4. The maximum atomic E-state index is 12.8. The Labute approximate surface area is 148 Å². The smallest absolute Gasteiger partial charge is 0.258 e. The number of nitrogens with zero attached hydrogens (tertiary/aromatic N) is 3. The highest BCUT2D eigenvalue weighted by Crippen LogP contribution is 2.40. The van der Waals surface area contributed by atoms with Crippen LogP contribution >= 0.6 is 0 Å². The fraction of sp³-hybridized carbons (Fsp3) is 0.263. The van der Waals surface area contributed by atoms with Gasteiger partial charge in [-0.15, -0.1) is 0 Å². The van der Waals surface area contributed by atoms with Crippen molar-refractivity contribution < 1.29 is 13.7 Å². The highest BCUT2D eigenvalue weighted by molar-refractivity contribution is 6.12. The molecule has 3 aromatic heterocycles. The lowest BCUT2D eigenvalue weighted by Crippen LogP contribution is -2.13. The number of oxazole rings is 1. The third-order valence-corrected chi connectivity index (χ3v) is 4.58. The van der Waals surface area contributed by atoms with Gasteiger partial charge in [-0.25, -0.2) is 9.97 Å². The van der Waals surface area contributed by atoms with E-state index in [0.29, 0.717) is 39.7 Å². The molecule has 5 rings (SSSR count). The number of hydrogen-bond acceptors (Lipinski definition) is 6. The highest BCUT2D eigenvalue weighted by atomic mass is 16.5. The van der Waals surface area contributed by atoms with Gasteiger partial charge in [-0.3, -0.25) is 4.79 Å². The molecule has 0 aliphatic heterocycles. The van der Waals surface area contributed by atoms with Crippen molar-refractivity contribution in [2.24, 2.45) is 0 Å². The molecule has 26 heavy (non-hydrogen) atoms. The molecule has 7 heteroatoms. The van der Waals surface area contributed by atoms with E-state index in [1.165, 1.54) is 0 Å². The first-order valence-electron chi connectivity index (χ1n) is 8.54. The molecule has 0 radical (unpaired) electrons. The number of carbonyl (C=O) groups is 1. The molecule has 0 atom stereocenters. The first-order chi connectivity index (χ1) is 12.6. The summed E-state index contributed by atoms with van der Waals surface area (Å²) in [6.45, 7) is 3.61. The number of anilines is 1. The summed E-state index contributed by atoms with van der Waals surface area (Å²) >= 11 is 0. The van der Waals surface area contributed by atoms with E-state index in [1.807, 2.05) is 25.1 Å². The summed E-state index contributed by atoms with van der Waals surface area (Å²) in [7, 11) is 0. The van der Waals surface area contributed by atoms with Crippen LogP contribution in [-0.2, 0) is 0 Å². The molecule has 3 heterocycles. The molecule has 1 fully saturated rings. The molecule has 1 amide bonds. The SMILES string of the molecule is Cc1cc(C(=O)Nc2ccc3oc(C4CC4)nc3c2)c2c(C)noc2n1. The van der Waals surface area contributed by atoms with Gasteiger partial charge in [-0.1, -0.05) is 5.16 Å². The maximum Gasteiger partial charge on any atom is 0.258 e. The molecule has 0 spiro atoms. The van der Waals surface area contributed by atoms with E-state index in [2.05, 4.69) is 20.4 Å². The minimum absolute atomic E-state index is 0.239. The van der Waals surface area contributed by atoms with Gasteiger partial charge in [0.05, 0.1) is 16.6 Å². The summed E-state index contributed by atoms with van der Waals surface area (Å²) in [5.41, 5.74) is 4.34. The topological polar surface area (TPSA) is 94.1 Å². The Balaban J connectivity index is 1.50. The lowest BCUT2D eigenvalue weighted by Gasteiger charge is -2.06. The van der Waals surface area contributed by atoms with Gasteiger partial charge in [0.25, 0.3) is 11.6 Å². The fourth-order valence-corrected chi connectivity index (χ4v) is 3.12. The number of carbonyl (C=O) groups excluding carboxylic acids is 1. The highest BCUT2D eigenvalue weighted by Gasteiger charge is 2.29. The third kappa shape index (κ3) is 2.44. The Bertz CT molecular complexity index is 1170. The van der Waals surface area contributed by atoms with Crippen LogP contribution in [0.4, 0.5) is 5.69 Å². The van der Waals surface area contributed by atoms with Gasteiger partial charge in [0, 0.05) is 17.3 Å². The Kier molecular flexibility index (Phi) is 3.12. The van der Waals surface area contributed by atoms with Crippen molar-refractivity contribution >= 4 is 33.8 Å². The largest absolute Gasteiger partial charge is 0.440 e. The molecular weight excluding hydrogens is 332 g/mol. The number of amides is 1. The molecule has 4 aromatic rings. The first-order valence-corrected chi connectivity index (χ1v) is 8.54. The number of pyridine rings is 1. The molecule has 0 unspecified atom stereocenters. The quantitative estimate of drug-likeness (QED) is 0.599. The van der Waals surface area contributed by atoms with Crippen LogP contribution in [0.2, 0.25) is 0 Å². The normalized spacial score (nSPS) is 14.2. The van der Waals surface area contributed by atoms with Gasteiger partial charge in [0.1, 0.15) is 5.52 Å². The number of aryl methyl sites for hydroxylation is 2. The van der Waals surface area contributed by atoms with Crippen LogP contribution in [0.1, 0.15) is 46.4 Å². The van der Waals surface area contributed by atoms with Crippen LogP contribution < -0.4 is 5.32 Å². The van der Waals surface area contributed by atoms with Crippen molar-refractivity contribution in [3.05, 3.63) is 47.1 Å². The van der Waals surface area contributed by atoms with E-state index in [9.17, 15) is 4.79 Å². The molecule has 1 N–H and O–H groups in total. The van der Waals surface area contributed by atoms with Gasteiger partial charge >= 0.3 is 0 Å². The Morgan fingerprint density at radius 2 is 2.04 bits per heavy atom. The van der Waals surface area contributed by atoms with E-state index in [1.54, 1.807) is 13.0 Å².